The van der Waals surface area contributed by atoms with Gasteiger partial charge >= 0.3 is 0 Å². The van der Waals surface area contributed by atoms with Crippen LogP contribution in [0, 0.1) is 12.8 Å². The van der Waals surface area contributed by atoms with E-state index in [0.717, 1.165) is 10.9 Å². The first-order valence-corrected chi connectivity index (χ1v) is 5.52. The molecule has 0 amide bonds. The summed E-state index contributed by atoms with van der Waals surface area (Å²) in [5.41, 5.74) is 7.98. The molecule has 0 saturated carbocycles. The lowest BCUT2D eigenvalue weighted by Crippen LogP contribution is -2.20. The van der Waals surface area contributed by atoms with E-state index in [2.05, 4.69) is 35.0 Å². The predicted octanol–water partition coefficient (Wildman–Crippen LogP) is 1.87. The fraction of sp³-hybridized carbons (Fsp3) is 0.455. The van der Waals surface area contributed by atoms with Crippen molar-refractivity contribution >= 4 is 15.9 Å². The maximum Gasteiger partial charge on any atom is 0.0474 e. The molecule has 1 rings (SSSR count). The summed E-state index contributed by atoms with van der Waals surface area (Å²) in [6, 6.07) is 6.23. The molecular weight excluding hydrogens is 242 g/mol. The third-order valence-corrected chi connectivity index (χ3v) is 3.23. The highest BCUT2D eigenvalue weighted by atomic mass is 79.9. The molecule has 0 aliphatic rings. The molecule has 78 valence electrons. The second-order valence-corrected chi connectivity index (χ2v) is 4.43. The Labute approximate surface area is 93.3 Å². The Balaban J connectivity index is 2.72. The standard InChI is InChI=1S/C11H16BrNO/c1-8-4-9(2-3-11(8)12)5-10(6-13)7-14/h2-4,10,14H,5-7,13H2,1H3. The lowest BCUT2D eigenvalue weighted by Gasteiger charge is -2.12. The Hall–Kier alpha value is -0.380. The Morgan fingerprint density at radius 2 is 2.21 bits per heavy atom. The first-order chi connectivity index (χ1) is 6.67. The molecule has 3 N–H and O–H groups in total. The number of halogens is 1. The predicted molar refractivity (Wildman–Crippen MR) is 62.2 cm³/mol. The van der Waals surface area contributed by atoms with Crippen molar-refractivity contribution in [2.75, 3.05) is 13.2 Å². The Morgan fingerprint density at radius 3 is 2.71 bits per heavy atom. The molecule has 0 aromatic heterocycles. The largest absolute Gasteiger partial charge is 0.396 e. The van der Waals surface area contributed by atoms with Gasteiger partial charge < -0.3 is 10.8 Å². The van der Waals surface area contributed by atoms with Crippen LogP contribution >= 0.6 is 15.9 Å². The number of aryl methyl sites for hydroxylation is 1. The van der Waals surface area contributed by atoms with Crippen LogP contribution in [0.1, 0.15) is 11.1 Å². The second-order valence-electron chi connectivity index (χ2n) is 3.57. The van der Waals surface area contributed by atoms with Crippen molar-refractivity contribution in [1.82, 2.24) is 0 Å². The van der Waals surface area contributed by atoms with E-state index in [4.69, 9.17) is 10.8 Å². The minimum atomic E-state index is 0.158. The summed E-state index contributed by atoms with van der Waals surface area (Å²) < 4.78 is 1.12. The number of benzene rings is 1. The summed E-state index contributed by atoms with van der Waals surface area (Å²) in [5, 5.41) is 9.02. The summed E-state index contributed by atoms with van der Waals surface area (Å²) in [7, 11) is 0. The maximum absolute atomic E-state index is 9.02. The van der Waals surface area contributed by atoms with Crippen LogP contribution in [0.2, 0.25) is 0 Å². The molecule has 0 radical (unpaired) electrons. The van der Waals surface area contributed by atoms with E-state index >= 15 is 0 Å². The van der Waals surface area contributed by atoms with Crippen LogP contribution in [0.5, 0.6) is 0 Å². The molecule has 0 spiro atoms. The highest BCUT2D eigenvalue weighted by Crippen LogP contribution is 2.18. The lowest BCUT2D eigenvalue weighted by molar-refractivity contribution is 0.230. The van der Waals surface area contributed by atoms with Crippen molar-refractivity contribution < 1.29 is 5.11 Å². The number of aliphatic hydroxyl groups is 1. The van der Waals surface area contributed by atoms with E-state index in [1.165, 1.54) is 11.1 Å². The molecule has 0 heterocycles. The molecule has 1 unspecified atom stereocenters. The smallest absolute Gasteiger partial charge is 0.0474 e. The molecule has 2 nitrogen and oxygen atoms in total. The molecule has 3 heteroatoms. The van der Waals surface area contributed by atoms with Gasteiger partial charge in [-0.05, 0) is 43.0 Å². The van der Waals surface area contributed by atoms with Gasteiger partial charge in [-0.1, -0.05) is 28.1 Å². The summed E-state index contributed by atoms with van der Waals surface area (Å²) in [5.74, 6) is 0.176. The highest BCUT2D eigenvalue weighted by molar-refractivity contribution is 9.10. The molecule has 1 aromatic carbocycles. The second kappa shape index (κ2) is 5.49. The van der Waals surface area contributed by atoms with Crippen LogP contribution in [0.4, 0.5) is 0 Å². The highest BCUT2D eigenvalue weighted by Gasteiger charge is 2.06. The number of hydrogen-bond acceptors (Lipinski definition) is 2. The van der Waals surface area contributed by atoms with Gasteiger partial charge in [-0.25, -0.2) is 0 Å². The van der Waals surface area contributed by atoms with Crippen LogP contribution < -0.4 is 5.73 Å². The number of aliphatic hydroxyl groups excluding tert-OH is 1. The van der Waals surface area contributed by atoms with E-state index in [-0.39, 0.29) is 12.5 Å². The topological polar surface area (TPSA) is 46.2 Å². The monoisotopic (exact) mass is 257 g/mol. The van der Waals surface area contributed by atoms with Crippen LogP contribution in [0.3, 0.4) is 0 Å². The Kier molecular flexibility index (Phi) is 4.58. The molecular formula is C11H16BrNO. The first-order valence-electron chi connectivity index (χ1n) is 4.73. The molecule has 0 fully saturated rings. The average molecular weight is 258 g/mol. The van der Waals surface area contributed by atoms with Crippen LogP contribution in [-0.4, -0.2) is 18.3 Å². The van der Waals surface area contributed by atoms with Gasteiger partial charge in [0.2, 0.25) is 0 Å². The van der Waals surface area contributed by atoms with Crippen molar-refractivity contribution in [2.24, 2.45) is 11.7 Å². The van der Waals surface area contributed by atoms with E-state index < -0.39 is 0 Å². The molecule has 0 bridgehead atoms. The van der Waals surface area contributed by atoms with Crippen LogP contribution in [0.15, 0.2) is 22.7 Å². The van der Waals surface area contributed by atoms with Gasteiger partial charge in [0, 0.05) is 11.1 Å². The first kappa shape index (κ1) is 11.7. The van der Waals surface area contributed by atoms with Gasteiger partial charge in [-0.3, -0.25) is 0 Å². The lowest BCUT2D eigenvalue weighted by atomic mass is 9.99. The Bertz CT molecular complexity index is 297. The number of nitrogens with two attached hydrogens (primary N) is 1. The normalized spacial score (nSPS) is 12.9. The minimum Gasteiger partial charge on any atom is -0.396 e. The SMILES string of the molecule is Cc1cc(CC(CN)CO)ccc1Br. The summed E-state index contributed by atoms with van der Waals surface area (Å²) >= 11 is 3.46. The molecule has 0 aliphatic heterocycles. The van der Waals surface area contributed by atoms with Crippen molar-refractivity contribution in [1.29, 1.82) is 0 Å². The zero-order valence-corrected chi connectivity index (χ0v) is 9.92. The van der Waals surface area contributed by atoms with Crippen molar-refractivity contribution in [3.8, 4) is 0 Å². The fourth-order valence-electron chi connectivity index (χ4n) is 1.39. The zero-order valence-electron chi connectivity index (χ0n) is 8.33. The van der Waals surface area contributed by atoms with E-state index in [1.54, 1.807) is 0 Å². The van der Waals surface area contributed by atoms with E-state index in [0.29, 0.717) is 6.54 Å². The van der Waals surface area contributed by atoms with E-state index in [1.807, 2.05) is 6.07 Å². The van der Waals surface area contributed by atoms with Crippen molar-refractivity contribution in [2.45, 2.75) is 13.3 Å². The summed E-state index contributed by atoms with van der Waals surface area (Å²) in [6.07, 6.45) is 0.848. The number of rotatable bonds is 4. The number of hydrogen-bond donors (Lipinski definition) is 2. The van der Waals surface area contributed by atoms with Gasteiger partial charge in [-0.15, -0.1) is 0 Å². The molecule has 0 saturated heterocycles. The van der Waals surface area contributed by atoms with Crippen molar-refractivity contribution in [3.63, 3.8) is 0 Å². The maximum atomic E-state index is 9.02. The summed E-state index contributed by atoms with van der Waals surface area (Å²) in [4.78, 5) is 0. The quantitative estimate of drug-likeness (QED) is 0.866. The summed E-state index contributed by atoms with van der Waals surface area (Å²) in [6.45, 7) is 2.75. The third kappa shape index (κ3) is 3.08. The van der Waals surface area contributed by atoms with Crippen molar-refractivity contribution in [3.05, 3.63) is 33.8 Å². The van der Waals surface area contributed by atoms with Gasteiger partial charge in [0.05, 0.1) is 0 Å². The average Bonchev–Trinajstić information content (AvgIpc) is 2.19. The fourth-order valence-corrected chi connectivity index (χ4v) is 1.64. The molecule has 1 aromatic rings. The minimum absolute atomic E-state index is 0.158. The molecule has 1 atom stereocenters. The Morgan fingerprint density at radius 1 is 1.50 bits per heavy atom. The van der Waals surface area contributed by atoms with Gasteiger partial charge in [0.15, 0.2) is 0 Å². The zero-order chi connectivity index (χ0) is 10.6. The molecule has 0 aliphatic carbocycles. The van der Waals surface area contributed by atoms with Crippen LogP contribution in [-0.2, 0) is 6.42 Å². The van der Waals surface area contributed by atoms with E-state index in [9.17, 15) is 0 Å². The van der Waals surface area contributed by atoms with Crippen LogP contribution in [0.25, 0.3) is 0 Å². The van der Waals surface area contributed by atoms with Gasteiger partial charge in [0.1, 0.15) is 0 Å². The third-order valence-electron chi connectivity index (χ3n) is 2.34. The van der Waals surface area contributed by atoms with Gasteiger partial charge in [-0.2, -0.15) is 0 Å². The van der Waals surface area contributed by atoms with Gasteiger partial charge in [0.25, 0.3) is 0 Å². The molecule has 14 heavy (non-hydrogen) atoms.